The number of methoxy groups -OCH3 is 1. The number of nitriles is 1. The molecule has 8 nitrogen and oxygen atoms in total. The van der Waals surface area contributed by atoms with E-state index in [1.54, 1.807) is 7.05 Å². The van der Waals surface area contributed by atoms with E-state index in [0.29, 0.717) is 31.8 Å². The number of amides is 1. The highest BCUT2D eigenvalue weighted by molar-refractivity contribution is 8.15. The van der Waals surface area contributed by atoms with E-state index in [0.717, 1.165) is 23.8 Å². The second kappa shape index (κ2) is 12.5. The van der Waals surface area contributed by atoms with Gasteiger partial charge in [0.25, 0.3) is 5.91 Å². The topological polar surface area (TPSA) is 102 Å². The van der Waals surface area contributed by atoms with Gasteiger partial charge in [0.15, 0.2) is 6.19 Å². The van der Waals surface area contributed by atoms with Crippen molar-refractivity contribution in [2.24, 2.45) is 10.1 Å². The summed E-state index contributed by atoms with van der Waals surface area (Å²) in [5.41, 5.74) is 0.766. The van der Waals surface area contributed by atoms with Crippen LogP contribution in [-0.4, -0.2) is 48.7 Å². The van der Waals surface area contributed by atoms with Crippen LogP contribution >= 0.6 is 11.8 Å². The number of carbonyl (C=O) groups is 1. The Labute approximate surface area is 213 Å². The third kappa shape index (κ3) is 5.83. The molecular weight excluding hydrogens is 486 g/mol. The minimum atomic E-state index is -1.04. The zero-order valence-electron chi connectivity index (χ0n) is 20.3. The standard InChI is InChI=1S/C25H28F2N6O2S/c1-4-21(35-3)23(34)33-25(17-9-6-5-7-10-17,13-8-14-30-24(29-2)31-16-28)36-22(32-33)19-15-18(26)11-12-20(19)27/h5-7,9-12,15,21H,4,8,13-14H2,1-3H3,(H2,29,30,31). The van der Waals surface area contributed by atoms with Gasteiger partial charge in [0.05, 0.1) is 0 Å². The first-order chi connectivity index (χ1) is 17.4. The first kappa shape index (κ1) is 27.1. The van der Waals surface area contributed by atoms with Crippen LogP contribution in [0.15, 0.2) is 58.6 Å². The molecule has 0 saturated heterocycles. The number of ether oxygens (including phenoxy) is 1. The molecule has 3 rings (SSSR count). The van der Waals surface area contributed by atoms with Crippen LogP contribution in [0.4, 0.5) is 8.78 Å². The molecule has 1 amide bonds. The maximum Gasteiger partial charge on any atom is 0.273 e. The molecule has 190 valence electrons. The van der Waals surface area contributed by atoms with Crippen molar-refractivity contribution in [3.8, 4) is 6.19 Å². The van der Waals surface area contributed by atoms with Gasteiger partial charge in [0.2, 0.25) is 5.96 Å². The highest BCUT2D eigenvalue weighted by Gasteiger charge is 2.49. The number of carbonyl (C=O) groups excluding carboxylic acids is 1. The summed E-state index contributed by atoms with van der Waals surface area (Å²) in [5.74, 6) is -1.29. The highest BCUT2D eigenvalue weighted by atomic mass is 32.2. The minimum absolute atomic E-state index is 0.0159. The molecule has 0 fully saturated rings. The first-order valence-electron chi connectivity index (χ1n) is 11.4. The molecule has 0 saturated carbocycles. The molecular formula is C25H28F2N6O2S. The van der Waals surface area contributed by atoms with Crippen LogP contribution in [0.1, 0.15) is 37.3 Å². The first-order valence-corrected chi connectivity index (χ1v) is 12.2. The van der Waals surface area contributed by atoms with Crippen molar-refractivity contribution in [1.29, 1.82) is 5.26 Å². The number of nitrogens with zero attached hydrogens (tertiary/aromatic N) is 4. The molecule has 2 unspecified atom stereocenters. The number of hydrazone groups is 1. The normalized spacial score (nSPS) is 18.4. The SMILES string of the molecule is CCC(OC)C(=O)N1N=C(c2cc(F)ccc2F)SC1(CCCNC(=NC)NC#N)c1ccccc1. The van der Waals surface area contributed by atoms with Crippen LogP contribution in [-0.2, 0) is 14.4 Å². The fraction of sp³-hybridized carbons (Fsp3) is 0.360. The lowest BCUT2D eigenvalue weighted by Gasteiger charge is -2.37. The van der Waals surface area contributed by atoms with E-state index in [1.165, 1.54) is 23.9 Å². The van der Waals surface area contributed by atoms with E-state index in [4.69, 9.17) is 10.00 Å². The third-order valence-corrected chi connectivity index (χ3v) is 7.15. The quantitative estimate of drug-likeness (QED) is 0.173. The lowest BCUT2D eigenvalue weighted by Crippen LogP contribution is -2.47. The zero-order valence-corrected chi connectivity index (χ0v) is 21.1. The van der Waals surface area contributed by atoms with Crippen molar-refractivity contribution in [2.75, 3.05) is 20.7 Å². The van der Waals surface area contributed by atoms with E-state index < -0.39 is 22.6 Å². The lowest BCUT2D eigenvalue weighted by molar-refractivity contribution is -0.146. The van der Waals surface area contributed by atoms with Crippen molar-refractivity contribution in [3.63, 3.8) is 0 Å². The van der Waals surface area contributed by atoms with Gasteiger partial charge in [-0.2, -0.15) is 10.4 Å². The van der Waals surface area contributed by atoms with Crippen molar-refractivity contribution < 1.29 is 18.3 Å². The molecule has 2 N–H and O–H groups in total. The Balaban J connectivity index is 2.04. The van der Waals surface area contributed by atoms with Gasteiger partial charge in [0.1, 0.15) is 27.7 Å². The summed E-state index contributed by atoms with van der Waals surface area (Å²) in [5, 5.41) is 20.4. The highest BCUT2D eigenvalue weighted by Crippen LogP contribution is 2.51. The number of aliphatic imine (C=N–C) groups is 1. The molecule has 2 atom stereocenters. The fourth-order valence-corrected chi connectivity index (χ4v) is 5.35. The molecule has 0 aromatic heterocycles. The fourth-order valence-electron chi connectivity index (χ4n) is 3.92. The Kier molecular flexibility index (Phi) is 9.38. The molecule has 1 aliphatic rings. The smallest absolute Gasteiger partial charge is 0.273 e. The molecule has 2 aromatic rings. The second-order valence-electron chi connectivity index (χ2n) is 7.90. The van der Waals surface area contributed by atoms with Gasteiger partial charge in [0, 0.05) is 26.3 Å². The summed E-state index contributed by atoms with van der Waals surface area (Å²) < 4.78 is 34.2. The van der Waals surface area contributed by atoms with Crippen molar-refractivity contribution >= 4 is 28.7 Å². The number of thioether (sulfide) groups is 1. The zero-order chi connectivity index (χ0) is 26.1. The minimum Gasteiger partial charge on any atom is -0.372 e. The average Bonchev–Trinajstić information content (AvgIpc) is 3.29. The molecule has 0 aliphatic carbocycles. The molecule has 0 radical (unpaired) electrons. The Morgan fingerprint density at radius 3 is 2.69 bits per heavy atom. The van der Waals surface area contributed by atoms with Crippen LogP contribution in [0.3, 0.4) is 0 Å². The van der Waals surface area contributed by atoms with Crippen molar-refractivity contribution in [1.82, 2.24) is 15.6 Å². The predicted octanol–water partition coefficient (Wildman–Crippen LogP) is 3.91. The van der Waals surface area contributed by atoms with Crippen LogP contribution in [0, 0.1) is 23.1 Å². The van der Waals surface area contributed by atoms with E-state index in [9.17, 15) is 13.6 Å². The van der Waals surface area contributed by atoms with Gasteiger partial charge < -0.3 is 10.1 Å². The summed E-state index contributed by atoms with van der Waals surface area (Å²) in [4.78, 5) is 16.6. The number of rotatable bonds is 9. The monoisotopic (exact) mass is 514 g/mol. The van der Waals surface area contributed by atoms with Crippen LogP contribution in [0.2, 0.25) is 0 Å². The number of hydrogen-bond acceptors (Lipinski definition) is 6. The summed E-state index contributed by atoms with van der Waals surface area (Å²) >= 11 is 1.20. The molecule has 0 spiro atoms. The maximum absolute atomic E-state index is 14.8. The number of benzene rings is 2. The second-order valence-corrected chi connectivity index (χ2v) is 9.17. The van der Waals surface area contributed by atoms with Gasteiger partial charge in [-0.05, 0) is 43.0 Å². The van der Waals surface area contributed by atoms with Crippen molar-refractivity contribution in [3.05, 3.63) is 71.3 Å². The molecule has 1 aliphatic heterocycles. The van der Waals surface area contributed by atoms with Gasteiger partial charge in [-0.25, -0.2) is 13.8 Å². The molecule has 36 heavy (non-hydrogen) atoms. The summed E-state index contributed by atoms with van der Waals surface area (Å²) in [6, 6.07) is 12.5. The van der Waals surface area contributed by atoms with Crippen LogP contribution < -0.4 is 10.6 Å². The predicted molar refractivity (Wildman–Crippen MR) is 136 cm³/mol. The Hall–Kier alpha value is -3.49. The van der Waals surface area contributed by atoms with Gasteiger partial charge in [-0.1, -0.05) is 49.0 Å². The van der Waals surface area contributed by atoms with E-state index >= 15 is 0 Å². The molecule has 11 heteroatoms. The van der Waals surface area contributed by atoms with Crippen LogP contribution in [0.25, 0.3) is 0 Å². The Bertz CT molecular complexity index is 1170. The van der Waals surface area contributed by atoms with E-state index in [-0.39, 0.29) is 16.5 Å². The van der Waals surface area contributed by atoms with E-state index in [2.05, 4.69) is 20.7 Å². The Morgan fingerprint density at radius 2 is 2.06 bits per heavy atom. The van der Waals surface area contributed by atoms with Crippen LogP contribution in [0.5, 0.6) is 0 Å². The third-order valence-electron chi connectivity index (χ3n) is 5.70. The summed E-state index contributed by atoms with van der Waals surface area (Å²) in [7, 11) is 3.00. The largest absolute Gasteiger partial charge is 0.372 e. The number of nitrogens with one attached hydrogen (secondary N) is 2. The lowest BCUT2D eigenvalue weighted by atomic mass is 9.99. The van der Waals surface area contributed by atoms with E-state index in [1.807, 2.05) is 43.4 Å². The number of hydrogen-bond donors (Lipinski definition) is 2. The number of guanidine groups is 1. The molecule has 2 aromatic carbocycles. The Morgan fingerprint density at radius 1 is 1.31 bits per heavy atom. The van der Waals surface area contributed by atoms with Crippen molar-refractivity contribution in [2.45, 2.75) is 37.2 Å². The average molecular weight is 515 g/mol. The van der Waals surface area contributed by atoms with Gasteiger partial charge >= 0.3 is 0 Å². The summed E-state index contributed by atoms with van der Waals surface area (Å²) in [6.45, 7) is 2.26. The molecule has 1 heterocycles. The van der Waals surface area contributed by atoms with Gasteiger partial charge in [-0.15, -0.1) is 0 Å². The number of halogens is 2. The van der Waals surface area contributed by atoms with Gasteiger partial charge in [-0.3, -0.25) is 15.1 Å². The maximum atomic E-state index is 14.8. The molecule has 0 bridgehead atoms. The summed E-state index contributed by atoms with van der Waals surface area (Å²) in [6.07, 6.45) is 2.42.